The number of benzene rings is 1. The molecule has 112 valence electrons. The number of hydrogen-bond donors (Lipinski definition) is 0. The zero-order valence-corrected chi connectivity index (χ0v) is 13.7. The van der Waals surface area contributed by atoms with Crippen molar-refractivity contribution in [2.75, 3.05) is 7.11 Å². The summed E-state index contributed by atoms with van der Waals surface area (Å²) in [5, 5.41) is 0. The van der Waals surface area contributed by atoms with E-state index in [9.17, 15) is 9.59 Å². The van der Waals surface area contributed by atoms with Crippen LogP contribution in [0.2, 0.25) is 0 Å². The quantitative estimate of drug-likeness (QED) is 0.464. The molecule has 0 radical (unpaired) electrons. The van der Waals surface area contributed by atoms with E-state index in [1.807, 2.05) is 19.1 Å². The van der Waals surface area contributed by atoms with E-state index in [0.29, 0.717) is 11.3 Å². The maximum absolute atomic E-state index is 12.0. The van der Waals surface area contributed by atoms with E-state index in [1.54, 1.807) is 0 Å². The van der Waals surface area contributed by atoms with Crippen LogP contribution in [0.1, 0.15) is 25.0 Å². The van der Waals surface area contributed by atoms with Crippen LogP contribution < -0.4 is 4.74 Å². The molecule has 2 rings (SSSR count). The molecule has 6 heteroatoms. The minimum atomic E-state index is -1.25. The Morgan fingerprint density at radius 2 is 1.76 bits per heavy atom. The maximum atomic E-state index is 12.0. The molecule has 0 atom stereocenters. The van der Waals surface area contributed by atoms with Crippen molar-refractivity contribution in [3.05, 3.63) is 33.3 Å². The summed E-state index contributed by atoms with van der Waals surface area (Å²) in [4.78, 5) is 24.0. The summed E-state index contributed by atoms with van der Waals surface area (Å²) in [6.07, 6.45) is 1.43. The molecule has 1 fully saturated rings. The lowest BCUT2D eigenvalue weighted by Crippen LogP contribution is -2.41. The summed E-state index contributed by atoms with van der Waals surface area (Å²) in [6, 6.07) is 3.68. The van der Waals surface area contributed by atoms with Gasteiger partial charge in [-0.25, -0.2) is 9.59 Å². The molecule has 0 unspecified atom stereocenters. The van der Waals surface area contributed by atoms with Crippen molar-refractivity contribution in [2.24, 2.45) is 0 Å². The van der Waals surface area contributed by atoms with Gasteiger partial charge in [0, 0.05) is 19.4 Å². The third-order valence-corrected chi connectivity index (χ3v) is 3.60. The van der Waals surface area contributed by atoms with Crippen molar-refractivity contribution >= 4 is 33.9 Å². The van der Waals surface area contributed by atoms with E-state index in [-0.39, 0.29) is 5.57 Å². The SMILES string of the molecule is COc1c(Br)ccc(C)c1C=C1C(=O)OC(C)(C)OC1=O. The molecule has 0 N–H and O–H groups in total. The fourth-order valence-corrected chi connectivity index (χ4v) is 2.49. The summed E-state index contributed by atoms with van der Waals surface area (Å²) >= 11 is 3.37. The average molecular weight is 355 g/mol. The van der Waals surface area contributed by atoms with Crippen molar-refractivity contribution in [2.45, 2.75) is 26.6 Å². The van der Waals surface area contributed by atoms with Gasteiger partial charge in [0.1, 0.15) is 11.3 Å². The molecule has 5 nitrogen and oxygen atoms in total. The maximum Gasteiger partial charge on any atom is 0.348 e. The number of carbonyl (C=O) groups excluding carboxylic acids is 2. The Morgan fingerprint density at radius 3 is 2.29 bits per heavy atom. The lowest BCUT2D eigenvalue weighted by molar-refractivity contribution is -0.222. The van der Waals surface area contributed by atoms with Crippen LogP contribution in [0, 0.1) is 6.92 Å². The Labute approximate surface area is 131 Å². The second-order valence-electron chi connectivity index (χ2n) is 5.05. The van der Waals surface area contributed by atoms with Crippen molar-refractivity contribution in [1.82, 2.24) is 0 Å². The van der Waals surface area contributed by atoms with Crippen LogP contribution >= 0.6 is 15.9 Å². The monoisotopic (exact) mass is 354 g/mol. The number of cyclic esters (lactones) is 2. The minimum Gasteiger partial charge on any atom is -0.495 e. The average Bonchev–Trinajstić information content (AvgIpc) is 2.36. The summed E-state index contributed by atoms with van der Waals surface area (Å²) in [5.74, 6) is -2.13. The number of methoxy groups -OCH3 is 1. The zero-order chi connectivity index (χ0) is 15.8. The lowest BCUT2D eigenvalue weighted by Gasteiger charge is -2.29. The Hall–Kier alpha value is -1.82. The number of halogens is 1. The number of aryl methyl sites for hydroxylation is 1. The van der Waals surface area contributed by atoms with Gasteiger partial charge in [-0.05, 0) is 40.6 Å². The topological polar surface area (TPSA) is 61.8 Å². The predicted octanol–water partition coefficient (Wildman–Crippen LogP) is 2.99. The van der Waals surface area contributed by atoms with Crippen LogP contribution in [0.4, 0.5) is 0 Å². The van der Waals surface area contributed by atoms with Gasteiger partial charge in [-0.2, -0.15) is 0 Å². The summed E-state index contributed by atoms with van der Waals surface area (Å²) in [5.41, 5.74) is 1.32. The number of rotatable bonds is 2. The first-order chi connectivity index (χ1) is 9.75. The molecule has 21 heavy (non-hydrogen) atoms. The van der Waals surface area contributed by atoms with Crippen molar-refractivity contribution < 1.29 is 23.8 Å². The number of carbonyl (C=O) groups is 2. The summed E-state index contributed by atoms with van der Waals surface area (Å²) in [6.45, 7) is 4.86. The highest BCUT2D eigenvalue weighted by atomic mass is 79.9. The van der Waals surface area contributed by atoms with Crippen LogP contribution in [0.25, 0.3) is 6.08 Å². The van der Waals surface area contributed by atoms with Gasteiger partial charge < -0.3 is 14.2 Å². The molecular formula is C15H15BrO5. The smallest absolute Gasteiger partial charge is 0.348 e. The molecule has 0 aromatic heterocycles. The molecule has 0 bridgehead atoms. The highest BCUT2D eigenvalue weighted by Gasteiger charge is 2.39. The first-order valence-electron chi connectivity index (χ1n) is 6.26. The van der Waals surface area contributed by atoms with Crippen LogP contribution in [-0.4, -0.2) is 24.8 Å². The molecule has 0 aliphatic carbocycles. The number of hydrogen-bond acceptors (Lipinski definition) is 5. The fourth-order valence-electron chi connectivity index (χ4n) is 1.98. The van der Waals surface area contributed by atoms with Gasteiger partial charge in [0.05, 0.1) is 11.6 Å². The third kappa shape index (κ3) is 3.10. The highest BCUT2D eigenvalue weighted by Crippen LogP contribution is 2.34. The molecule has 0 amide bonds. The van der Waals surface area contributed by atoms with Gasteiger partial charge in [-0.1, -0.05) is 6.07 Å². The van der Waals surface area contributed by atoms with E-state index >= 15 is 0 Å². The minimum absolute atomic E-state index is 0.158. The molecule has 1 saturated heterocycles. The Bertz CT molecular complexity index is 624. The molecule has 1 aliphatic rings. The lowest BCUT2D eigenvalue weighted by atomic mass is 10.0. The number of esters is 2. The largest absolute Gasteiger partial charge is 0.495 e. The molecule has 1 aliphatic heterocycles. The molecule has 0 spiro atoms. The molecule has 1 aromatic carbocycles. The van der Waals surface area contributed by atoms with Crippen LogP contribution in [0.3, 0.4) is 0 Å². The summed E-state index contributed by atoms with van der Waals surface area (Å²) < 4.78 is 16.2. The molecular weight excluding hydrogens is 340 g/mol. The van der Waals surface area contributed by atoms with Gasteiger partial charge in [0.2, 0.25) is 0 Å². The summed E-state index contributed by atoms with van der Waals surface area (Å²) in [7, 11) is 1.52. The van der Waals surface area contributed by atoms with E-state index in [2.05, 4.69) is 15.9 Å². The van der Waals surface area contributed by atoms with Gasteiger partial charge in [0.25, 0.3) is 5.79 Å². The zero-order valence-electron chi connectivity index (χ0n) is 12.2. The van der Waals surface area contributed by atoms with Gasteiger partial charge in [-0.3, -0.25) is 0 Å². The number of ether oxygens (including phenoxy) is 3. The van der Waals surface area contributed by atoms with E-state index in [4.69, 9.17) is 14.2 Å². The van der Waals surface area contributed by atoms with Crippen LogP contribution in [0.15, 0.2) is 22.2 Å². The molecule has 1 aromatic rings. The third-order valence-electron chi connectivity index (χ3n) is 2.98. The predicted molar refractivity (Wildman–Crippen MR) is 79.7 cm³/mol. The molecule has 1 heterocycles. The van der Waals surface area contributed by atoms with E-state index < -0.39 is 17.7 Å². The van der Waals surface area contributed by atoms with Crippen molar-refractivity contribution in [3.8, 4) is 5.75 Å². The molecule has 0 saturated carbocycles. The Morgan fingerprint density at radius 1 is 1.19 bits per heavy atom. The van der Waals surface area contributed by atoms with Crippen molar-refractivity contribution in [1.29, 1.82) is 0 Å². The van der Waals surface area contributed by atoms with Crippen LogP contribution in [0.5, 0.6) is 5.75 Å². The fraction of sp³-hybridized carbons (Fsp3) is 0.333. The first-order valence-corrected chi connectivity index (χ1v) is 7.06. The van der Waals surface area contributed by atoms with Crippen molar-refractivity contribution in [3.63, 3.8) is 0 Å². The van der Waals surface area contributed by atoms with Crippen LogP contribution in [-0.2, 0) is 19.1 Å². The van der Waals surface area contributed by atoms with Gasteiger partial charge in [0.15, 0.2) is 0 Å². The highest BCUT2D eigenvalue weighted by molar-refractivity contribution is 9.10. The van der Waals surface area contributed by atoms with E-state index in [1.165, 1.54) is 27.0 Å². The Kier molecular flexibility index (Phi) is 4.09. The van der Waals surface area contributed by atoms with Gasteiger partial charge >= 0.3 is 11.9 Å². The first kappa shape index (κ1) is 15.6. The standard InChI is InChI=1S/C15H15BrO5/c1-8-5-6-11(16)12(19-4)9(8)7-10-13(17)20-15(2,3)21-14(10)18/h5-7H,1-4H3. The Balaban J connectivity index is 2.52. The van der Waals surface area contributed by atoms with E-state index in [0.717, 1.165) is 10.0 Å². The second-order valence-corrected chi connectivity index (χ2v) is 5.90. The normalized spacial score (nSPS) is 17.1. The second kappa shape index (κ2) is 5.52. The van der Waals surface area contributed by atoms with Gasteiger partial charge in [-0.15, -0.1) is 0 Å².